The van der Waals surface area contributed by atoms with Gasteiger partial charge in [-0.15, -0.1) is 17.7 Å². The van der Waals surface area contributed by atoms with Crippen molar-refractivity contribution in [3.05, 3.63) is 48.6 Å². The molecule has 1 heterocycles. The number of benzene rings is 1. The van der Waals surface area contributed by atoms with Crippen LogP contribution in [0.5, 0.6) is 0 Å². The van der Waals surface area contributed by atoms with Crippen LogP contribution in [0.2, 0.25) is 6.04 Å². The average Bonchev–Trinajstić information content (AvgIpc) is 2.56. The number of hydrogen-bond acceptors (Lipinski definition) is 2. The summed E-state index contributed by atoms with van der Waals surface area (Å²) >= 11 is 6.63. The SMILES string of the molecule is C=CC[Si@@]1(Cl)O[C@@H](c2ccccc2)C(C)N1C. The van der Waals surface area contributed by atoms with Gasteiger partial charge in [-0.2, -0.15) is 0 Å². The lowest BCUT2D eigenvalue weighted by Gasteiger charge is -2.24. The minimum absolute atomic E-state index is 0.0744. The van der Waals surface area contributed by atoms with Gasteiger partial charge in [-0.25, -0.2) is 0 Å². The summed E-state index contributed by atoms with van der Waals surface area (Å²) in [6.07, 6.45) is 1.93. The molecule has 0 bridgehead atoms. The van der Waals surface area contributed by atoms with Crippen LogP contribution in [0.25, 0.3) is 0 Å². The predicted octanol–water partition coefficient (Wildman–Crippen LogP) is 3.44. The standard InChI is InChI=1S/C13H18ClNOSi/c1-4-10-17(14)15(3)11(2)13(16-17)12-8-6-5-7-9-12/h4-9,11,13H,1,10H2,2-3H3/t11?,13-,17+/m1/s1. The van der Waals surface area contributed by atoms with Crippen LogP contribution in [0, 0.1) is 0 Å². The van der Waals surface area contributed by atoms with Crippen molar-refractivity contribution < 1.29 is 4.43 Å². The van der Waals surface area contributed by atoms with Crippen molar-refractivity contribution >= 4 is 18.9 Å². The van der Waals surface area contributed by atoms with Crippen LogP contribution in [-0.2, 0) is 4.43 Å². The summed E-state index contributed by atoms with van der Waals surface area (Å²) in [5.74, 6) is 0. The van der Waals surface area contributed by atoms with Crippen LogP contribution in [0.1, 0.15) is 18.6 Å². The van der Waals surface area contributed by atoms with E-state index in [1.54, 1.807) is 0 Å². The van der Waals surface area contributed by atoms with Gasteiger partial charge in [0.05, 0.1) is 6.10 Å². The van der Waals surface area contributed by atoms with Gasteiger partial charge in [-0.05, 0) is 19.5 Å². The Morgan fingerprint density at radius 2 is 2.12 bits per heavy atom. The highest BCUT2D eigenvalue weighted by molar-refractivity contribution is 7.15. The second-order valence-corrected chi connectivity index (χ2v) is 8.98. The second kappa shape index (κ2) is 4.94. The molecular weight excluding hydrogens is 250 g/mol. The lowest BCUT2D eigenvalue weighted by atomic mass is 10.0. The zero-order valence-electron chi connectivity index (χ0n) is 10.3. The quantitative estimate of drug-likeness (QED) is 0.473. The van der Waals surface area contributed by atoms with Crippen LogP contribution >= 0.6 is 11.1 Å². The highest BCUT2D eigenvalue weighted by Gasteiger charge is 2.51. The Balaban J connectivity index is 2.25. The molecule has 4 heteroatoms. The third kappa shape index (κ3) is 2.33. The molecule has 17 heavy (non-hydrogen) atoms. The molecule has 0 aromatic heterocycles. The van der Waals surface area contributed by atoms with E-state index < -0.39 is 7.79 Å². The Morgan fingerprint density at radius 1 is 1.47 bits per heavy atom. The highest BCUT2D eigenvalue weighted by atomic mass is 35.6. The lowest BCUT2D eigenvalue weighted by molar-refractivity contribution is 0.207. The average molecular weight is 268 g/mol. The predicted molar refractivity (Wildman–Crippen MR) is 74.1 cm³/mol. The van der Waals surface area contributed by atoms with E-state index in [1.807, 2.05) is 24.3 Å². The number of halogens is 1. The second-order valence-electron chi connectivity index (χ2n) is 4.48. The monoisotopic (exact) mass is 267 g/mol. The van der Waals surface area contributed by atoms with E-state index in [0.717, 1.165) is 6.04 Å². The Hall–Kier alpha value is -0.613. The molecule has 92 valence electrons. The zero-order chi connectivity index (χ0) is 12.5. The Kier molecular flexibility index (Phi) is 3.73. The minimum atomic E-state index is -2.31. The van der Waals surface area contributed by atoms with Crippen molar-refractivity contribution in [2.24, 2.45) is 0 Å². The summed E-state index contributed by atoms with van der Waals surface area (Å²) in [6, 6.07) is 11.3. The normalized spacial score (nSPS) is 33.8. The van der Waals surface area contributed by atoms with Crippen molar-refractivity contribution in [3.8, 4) is 0 Å². The number of hydrogen-bond donors (Lipinski definition) is 0. The molecule has 0 saturated carbocycles. The van der Waals surface area contributed by atoms with Gasteiger partial charge in [-0.3, -0.25) is 4.57 Å². The van der Waals surface area contributed by atoms with E-state index in [9.17, 15) is 0 Å². The Morgan fingerprint density at radius 3 is 2.71 bits per heavy atom. The van der Waals surface area contributed by atoms with Crippen LogP contribution in [0.3, 0.4) is 0 Å². The van der Waals surface area contributed by atoms with Gasteiger partial charge < -0.3 is 4.43 Å². The summed E-state index contributed by atoms with van der Waals surface area (Å²) in [5, 5.41) is 0. The van der Waals surface area contributed by atoms with E-state index in [4.69, 9.17) is 15.5 Å². The van der Waals surface area contributed by atoms with Crippen LogP contribution in [-0.4, -0.2) is 25.4 Å². The van der Waals surface area contributed by atoms with E-state index in [1.165, 1.54) is 5.56 Å². The molecule has 0 radical (unpaired) electrons. The number of allylic oxidation sites excluding steroid dienone is 1. The smallest absolute Gasteiger partial charge is 0.377 e. The van der Waals surface area contributed by atoms with Gasteiger partial charge in [-0.1, -0.05) is 36.4 Å². The van der Waals surface area contributed by atoms with Crippen LogP contribution in [0.15, 0.2) is 43.0 Å². The Labute approximate surface area is 109 Å². The fourth-order valence-electron chi connectivity index (χ4n) is 2.24. The fraction of sp³-hybridized carbons (Fsp3) is 0.385. The molecule has 1 aromatic rings. The molecule has 1 saturated heterocycles. The zero-order valence-corrected chi connectivity index (χ0v) is 12.0. The minimum Gasteiger partial charge on any atom is -0.383 e. The molecule has 3 atom stereocenters. The van der Waals surface area contributed by atoms with E-state index in [2.05, 4.69) is 37.2 Å². The van der Waals surface area contributed by atoms with Gasteiger partial charge in [0.2, 0.25) is 0 Å². The molecular formula is C13H18ClNOSi. The first-order chi connectivity index (χ1) is 8.08. The van der Waals surface area contributed by atoms with Gasteiger partial charge in [0.1, 0.15) is 0 Å². The highest BCUT2D eigenvalue weighted by Crippen LogP contribution is 2.41. The van der Waals surface area contributed by atoms with Crippen molar-refractivity contribution in [1.29, 1.82) is 0 Å². The van der Waals surface area contributed by atoms with Crippen molar-refractivity contribution in [2.75, 3.05) is 7.05 Å². The molecule has 2 nitrogen and oxygen atoms in total. The fourth-order valence-corrected chi connectivity index (χ4v) is 5.69. The molecule has 1 unspecified atom stereocenters. The first-order valence-corrected chi connectivity index (χ1v) is 8.91. The molecule has 1 aromatic carbocycles. The third-order valence-corrected chi connectivity index (χ3v) is 7.81. The Bertz CT molecular complexity index is 400. The van der Waals surface area contributed by atoms with Gasteiger partial charge >= 0.3 is 7.79 Å². The van der Waals surface area contributed by atoms with Gasteiger partial charge in [0.25, 0.3) is 0 Å². The van der Waals surface area contributed by atoms with Crippen LogP contribution < -0.4 is 0 Å². The maximum Gasteiger partial charge on any atom is 0.377 e. The molecule has 2 rings (SSSR count). The summed E-state index contributed by atoms with van der Waals surface area (Å²) in [6.45, 7) is 5.93. The van der Waals surface area contributed by atoms with E-state index >= 15 is 0 Å². The molecule has 1 aliphatic rings. The first-order valence-electron chi connectivity index (χ1n) is 5.84. The molecule has 1 fully saturated rings. The van der Waals surface area contributed by atoms with E-state index in [-0.39, 0.29) is 6.10 Å². The number of likely N-dealkylation sites (N-methyl/N-ethyl adjacent to an activating group) is 1. The lowest BCUT2D eigenvalue weighted by Crippen LogP contribution is -2.44. The molecule has 0 spiro atoms. The first kappa shape index (κ1) is 12.8. The maximum atomic E-state index is 6.63. The van der Waals surface area contributed by atoms with Crippen molar-refractivity contribution in [3.63, 3.8) is 0 Å². The third-order valence-electron chi connectivity index (χ3n) is 3.41. The van der Waals surface area contributed by atoms with Crippen molar-refractivity contribution in [1.82, 2.24) is 4.57 Å². The summed E-state index contributed by atoms with van der Waals surface area (Å²) < 4.78 is 8.36. The van der Waals surface area contributed by atoms with Gasteiger partial charge in [0.15, 0.2) is 0 Å². The van der Waals surface area contributed by atoms with Gasteiger partial charge in [0, 0.05) is 12.1 Å². The summed E-state index contributed by atoms with van der Waals surface area (Å²) in [5.41, 5.74) is 1.20. The molecule has 0 amide bonds. The van der Waals surface area contributed by atoms with E-state index in [0.29, 0.717) is 6.04 Å². The summed E-state index contributed by atoms with van der Waals surface area (Å²) in [7, 11) is -0.259. The number of nitrogens with zero attached hydrogens (tertiary/aromatic N) is 1. The summed E-state index contributed by atoms with van der Waals surface area (Å²) in [4.78, 5) is 0. The topological polar surface area (TPSA) is 12.5 Å². The molecule has 0 aliphatic carbocycles. The largest absolute Gasteiger partial charge is 0.383 e. The maximum absolute atomic E-state index is 6.63. The molecule has 1 aliphatic heterocycles. The molecule has 0 N–H and O–H groups in total. The van der Waals surface area contributed by atoms with Crippen molar-refractivity contribution in [2.45, 2.75) is 25.1 Å². The number of rotatable bonds is 3. The van der Waals surface area contributed by atoms with Crippen LogP contribution in [0.4, 0.5) is 0 Å².